The van der Waals surface area contributed by atoms with Crippen LogP contribution in [-0.4, -0.2) is 42.1 Å². The molecule has 2 rings (SSSR count). The van der Waals surface area contributed by atoms with Gasteiger partial charge in [-0.25, -0.2) is 0 Å². The third-order valence-electron chi connectivity index (χ3n) is 2.89. The fourth-order valence-electron chi connectivity index (χ4n) is 2.05. The number of pyridine rings is 1. The van der Waals surface area contributed by atoms with Crippen LogP contribution in [0.15, 0.2) is 24.5 Å². The van der Waals surface area contributed by atoms with Crippen LogP contribution in [0.3, 0.4) is 0 Å². The Morgan fingerprint density at radius 1 is 1.60 bits per heavy atom. The van der Waals surface area contributed by atoms with Crippen molar-refractivity contribution in [2.75, 3.05) is 26.2 Å². The van der Waals surface area contributed by atoms with Crippen molar-refractivity contribution in [3.63, 3.8) is 0 Å². The Kier molecular flexibility index (Phi) is 3.69. The van der Waals surface area contributed by atoms with Gasteiger partial charge in [0, 0.05) is 44.6 Å². The minimum absolute atomic E-state index is 0.632. The second-order valence-electron chi connectivity index (χ2n) is 4.27. The van der Waals surface area contributed by atoms with Crippen LogP contribution >= 0.6 is 0 Å². The molecule has 0 aromatic carbocycles. The van der Waals surface area contributed by atoms with Crippen molar-refractivity contribution in [3.05, 3.63) is 30.1 Å². The Balaban J connectivity index is 1.78. The molecule has 3 nitrogen and oxygen atoms in total. The molecule has 1 atom stereocenters. The number of rotatable bonds is 3. The lowest BCUT2D eigenvalue weighted by Crippen LogP contribution is -2.49. The van der Waals surface area contributed by atoms with Gasteiger partial charge in [0.2, 0.25) is 0 Å². The van der Waals surface area contributed by atoms with Crippen LogP contribution in [0.4, 0.5) is 0 Å². The van der Waals surface area contributed by atoms with Gasteiger partial charge in [0.25, 0.3) is 0 Å². The summed E-state index contributed by atoms with van der Waals surface area (Å²) in [5.41, 5.74) is 1.34. The van der Waals surface area contributed by atoms with Gasteiger partial charge < -0.3 is 10.2 Å². The van der Waals surface area contributed by atoms with E-state index in [4.69, 9.17) is 0 Å². The highest BCUT2D eigenvalue weighted by Crippen LogP contribution is 2.02. The summed E-state index contributed by atoms with van der Waals surface area (Å²) < 4.78 is 0. The zero-order valence-electron chi connectivity index (χ0n) is 9.32. The van der Waals surface area contributed by atoms with Crippen LogP contribution in [0.5, 0.6) is 0 Å². The second kappa shape index (κ2) is 5.24. The van der Waals surface area contributed by atoms with E-state index in [9.17, 15) is 0 Å². The molecule has 3 heteroatoms. The monoisotopic (exact) mass is 205 g/mol. The first-order valence-corrected chi connectivity index (χ1v) is 5.69. The van der Waals surface area contributed by atoms with Crippen LogP contribution in [0.25, 0.3) is 0 Å². The first-order chi connectivity index (χ1) is 7.34. The summed E-state index contributed by atoms with van der Waals surface area (Å²) in [6.45, 7) is 6.85. The maximum Gasteiger partial charge on any atom is 0.0300 e. The standard InChI is InChI=1S/C12H19N3/c1-11-10-15(8-6-14-11)7-4-12-3-2-5-13-9-12/h2-3,5,9,11,14H,4,6-8,10H2,1H3/t11-/m0/s1. The van der Waals surface area contributed by atoms with E-state index < -0.39 is 0 Å². The second-order valence-corrected chi connectivity index (χ2v) is 4.27. The molecule has 1 N–H and O–H groups in total. The van der Waals surface area contributed by atoms with E-state index in [2.05, 4.69) is 28.2 Å². The largest absolute Gasteiger partial charge is 0.312 e. The summed E-state index contributed by atoms with van der Waals surface area (Å²) in [4.78, 5) is 6.65. The Morgan fingerprint density at radius 3 is 3.27 bits per heavy atom. The Labute approximate surface area is 91.5 Å². The molecule has 0 bridgehead atoms. The van der Waals surface area contributed by atoms with Gasteiger partial charge in [0.05, 0.1) is 0 Å². The van der Waals surface area contributed by atoms with Crippen molar-refractivity contribution in [2.24, 2.45) is 0 Å². The average Bonchev–Trinajstić information content (AvgIpc) is 2.28. The Hall–Kier alpha value is -0.930. The molecule has 1 aliphatic heterocycles. The van der Waals surface area contributed by atoms with E-state index in [1.54, 1.807) is 0 Å². The SMILES string of the molecule is C[C@H]1CN(CCc2cccnc2)CCN1. The fourth-order valence-corrected chi connectivity index (χ4v) is 2.05. The molecular formula is C12H19N3. The highest BCUT2D eigenvalue weighted by Gasteiger charge is 2.14. The first kappa shape index (κ1) is 10.6. The molecule has 1 aliphatic rings. The molecule has 1 aromatic rings. The molecule has 0 amide bonds. The highest BCUT2D eigenvalue weighted by molar-refractivity contribution is 5.08. The third-order valence-corrected chi connectivity index (χ3v) is 2.89. The molecule has 0 saturated carbocycles. The van der Waals surface area contributed by atoms with Crippen molar-refractivity contribution in [2.45, 2.75) is 19.4 Å². The predicted octanol–water partition coefficient (Wildman–Crippen LogP) is 0.918. The lowest BCUT2D eigenvalue weighted by atomic mass is 10.2. The maximum atomic E-state index is 4.13. The van der Waals surface area contributed by atoms with Crippen LogP contribution in [0.2, 0.25) is 0 Å². The molecule has 82 valence electrons. The molecule has 2 heterocycles. The van der Waals surface area contributed by atoms with E-state index in [0.717, 1.165) is 19.5 Å². The molecular weight excluding hydrogens is 186 g/mol. The number of piperazine rings is 1. The van der Waals surface area contributed by atoms with Gasteiger partial charge in [-0.15, -0.1) is 0 Å². The topological polar surface area (TPSA) is 28.2 Å². The van der Waals surface area contributed by atoms with Gasteiger partial charge in [-0.05, 0) is 25.0 Å². The van der Waals surface area contributed by atoms with Crippen LogP contribution in [0, 0.1) is 0 Å². The van der Waals surface area contributed by atoms with E-state index in [-0.39, 0.29) is 0 Å². The number of hydrogen-bond donors (Lipinski definition) is 1. The fraction of sp³-hybridized carbons (Fsp3) is 0.583. The van der Waals surface area contributed by atoms with E-state index in [0.29, 0.717) is 6.04 Å². The Bertz CT molecular complexity index is 286. The number of nitrogens with one attached hydrogen (secondary N) is 1. The predicted molar refractivity (Wildman–Crippen MR) is 61.8 cm³/mol. The summed E-state index contributed by atoms with van der Waals surface area (Å²) in [7, 11) is 0. The van der Waals surface area contributed by atoms with Gasteiger partial charge in [-0.1, -0.05) is 6.07 Å². The van der Waals surface area contributed by atoms with Gasteiger partial charge in [-0.3, -0.25) is 4.98 Å². The summed E-state index contributed by atoms with van der Waals surface area (Å²) in [5.74, 6) is 0. The van der Waals surface area contributed by atoms with Gasteiger partial charge in [0.1, 0.15) is 0 Å². The van der Waals surface area contributed by atoms with Crippen molar-refractivity contribution in [1.82, 2.24) is 15.2 Å². The van der Waals surface area contributed by atoms with Crippen molar-refractivity contribution in [1.29, 1.82) is 0 Å². The van der Waals surface area contributed by atoms with E-state index in [1.807, 2.05) is 18.5 Å². The molecule has 15 heavy (non-hydrogen) atoms. The van der Waals surface area contributed by atoms with Gasteiger partial charge in [0.15, 0.2) is 0 Å². The molecule has 1 saturated heterocycles. The molecule has 0 unspecified atom stereocenters. The molecule has 1 fully saturated rings. The van der Waals surface area contributed by atoms with Crippen molar-refractivity contribution < 1.29 is 0 Å². The quantitative estimate of drug-likeness (QED) is 0.795. The number of aromatic nitrogens is 1. The van der Waals surface area contributed by atoms with E-state index in [1.165, 1.54) is 18.7 Å². The van der Waals surface area contributed by atoms with Crippen molar-refractivity contribution >= 4 is 0 Å². The zero-order valence-corrected chi connectivity index (χ0v) is 9.32. The molecule has 0 aliphatic carbocycles. The third kappa shape index (κ3) is 3.29. The van der Waals surface area contributed by atoms with E-state index >= 15 is 0 Å². The lowest BCUT2D eigenvalue weighted by Gasteiger charge is -2.31. The minimum atomic E-state index is 0.632. The molecule has 1 aromatic heterocycles. The average molecular weight is 205 g/mol. The summed E-state index contributed by atoms with van der Waals surface area (Å²) >= 11 is 0. The van der Waals surface area contributed by atoms with Gasteiger partial charge >= 0.3 is 0 Å². The smallest absolute Gasteiger partial charge is 0.0300 e. The van der Waals surface area contributed by atoms with Crippen molar-refractivity contribution in [3.8, 4) is 0 Å². The summed E-state index contributed by atoms with van der Waals surface area (Å²) in [6, 6.07) is 4.79. The van der Waals surface area contributed by atoms with Gasteiger partial charge in [-0.2, -0.15) is 0 Å². The maximum absolute atomic E-state index is 4.13. The lowest BCUT2D eigenvalue weighted by molar-refractivity contribution is 0.209. The first-order valence-electron chi connectivity index (χ1n) is 5.69. The Morgan fingerprint density at radius 2 is 2.53 bits per heavy atom. The minimum Gasteiger partial charge on any atom is -0.312 e. The van der Waals surface area contributed by atoms with Crippen LogP contribution in [0.1, 0.15) is 12.5 Å². The van der Waals surface area contributed by atoms with Crippen LogP contribution in [-0.2, 0) is 6.42 Å². The number of hydrogen-bond acceptors (Lipinski definition) is 3. The van der Waals surface area contributed by atoms with Crippen LogP contribution < -0.4 is 5.32 Å². The summed E-state index contributed by atoms with van der Waals surface area (Å²) in [6.07, 6.45) is 4.91. The highest BCUT2D eigenvalue weighted by atomic mass is 15.2. The number of nitrogens with zero attached hydrogens (tertiary/aromatic N) is 2. The molecule has 0 radical (unpaired) electrons. The summed E-state index contributed by atoms with van der Waals surface area (Å²) in [5, 5.41) is 3.46. The zero-order chi connectivity index (χ0) is 10.5. The molecule has 0 spiro atoms. The normalized spacial score (nSPS) is 22.9.